The summed E-state index contributed by atoms with van der Waals surface area (Å²) in [5, 5.41) is 3.57. The van der Waals surface area contributed by atoms with Crippen LogP contribution in [0.15, 0.2) is 27.1 Å². The zero-order valence-corrected chi connectivity index (χ0v) is 13.8. The molecule has 17 heavy (non-hydrogen) atoms. The van der Waals surface area contributed by atoms with Gasteiger partial charge in [-0.1, -0.05) is 64.1 Å². The lowest BCUT2D eigenvalue weighted by molar-refractivity contribution is 0.535. The van der Waals surface area contributed by atoms with E-state index in [4.69, 9.17) is 0 Å². The molecule has 1 atom stereocenters. The highest BCUT2D eigenvalue weighted by Gasteiger charge is 2.08. The van der Waals surface area contributed by atoms with Crippen molar-refractivity contribution in [2.75, 3.05) is 6.54 Å². The van der Waals surface area contributed by atoms with E-state index < -0.39 is 0 Å². The van der Waals surface area contributed by atoms with Crippen LogP contribution in [0.3, 0.4) is 0 Å². The molecule has 0 fully saturated rings. The van der Waals surface area contributed by atoms with Crippen LogP contribution in [0.1, 0.15) is 51.1 Å². The third-order valence-electron chi connectivity index (χ3n) is 2.91. The van der Waals surface area contributed by atoms with Crippen molar-refractivity contribution in [2.24, 2.45) is 0 Å². The van der Waals surface area contributed by atoms with Gasteiger partial charge < -0.3 is 5.32 Å². The van der Waals surface area contributed by atoms with Crippen molar-refractivity contribution in [3.8, 4) is 0 Å². The van der Waals surface area contributed by atoms with Crippen molar-refractivity contribution < 1.29 is 0 Å². The van der Waals surface area contributed by atoms with Crippen molar-refractivity contribution in [1.82, 2.24) is 5.32 Å². The van der Waals surface area contributed by atoms with Crippen LogP contribution in [0.4, 0.5) is 0 Å². The second kappa shape index (κ2) is 8.28. The molecule has 0 aliphatic carbocycles. The van der Waals surface area contributed by atoms with Gasteiger partial charge in [-0.25, -0.2) is 0 Å². The van der Waals surface area contributed by atoms with Gasteiger partial charge in [0.15, 0.2) is 0 Å². The molecular weight excluding hydrogens is 342 g/mol. The molecule has 0 saturated carbocycles. The second-order valence-corrected chi connectivity index (χ2v) is 6.17. The van der Waals surface area contributed by atoms with Crippen LogP contribution in [-0.4, -0.2) is 6.54 Å². The summed E-state index contributed by atoms with van der Waals surface area (Å²) in [6, 6.07) is 6.76. The lowest BCUT2D eigenvalue weighted by Gasteiger charge is -2.16. The molecule has 96 valence electrons. The van der Waals surface area contributed by atoms with E-state index >= 15 is 0 Å². The molecular formula is C14H21Br2N. The van der Waals surface area contributed by atoms with Crippen LogP contribution in [0, 0.1) is 0 Å². The first-order valence-corrected chi connectivity index (χ1v) is 7.92. The Kier molecular flexibility index (Phi) is 7.40. The molecule has 3 heteroatoms. The Balaban J connectivity index is 2.38. The summed E-state index contributed by atoms with van der Waals surface area (Å²) in [5.41, 5.74) is 1.32. The number of unbranched alkanes of at least 4 members (excludes halogenated alkanes) is 3. The van der Waals surface area contributed by atoms with Gasteiger partial charge in [-0.15, -0.1) is 0 Å². The summed E-state index contributed by atoms with van der Waals surface area (Å²) >= 11 is 7.09. The zero-order valence-electron chi connectivity index (χ0n) is 10.6. The largest absolute Gasteiger partial charge is 0.310 e. The van der Waals surface area contributed by atoms with Gasteiger partial charge in [0.1, 0.15) is 0 Å². The van der Waals surface area contributed by atoms with Crippen LogP contribution in [0.25, 0.3) is 0 Å². The molecule has 0 aromatic heterocycles. The SMILES string of the molecule is CCCCCCNC(C)c1ccc(Br)cc1Br. The Labute approximate surface area is 122 Å². The van der Waals surface area contributed by atoms with Crippen molar-refractivity contribution >= 4 is 31.9 Å². The summed E-state index contributed by atoms with van der Waals surface area (Å²) in [7, 11) is 0. The summed E-state index contributed by atoms with van der Waals surface area (Å²) in [5.74, 6) is 0. The van der Waals surface area contributed by atoms with Gasteiger partial charge in [0.05, 0.1) is 0 Å². The highest BCUT2D eigenvalue weighted by atomic mass is 79.9. The van der Waals surface area contributed by atoms with Crippen LogP contribution < -0.4 is 5.32 Å². The summed E-state index contributed by atoms with van der Waals surface area (Å²) in [4.78, 5) is 0. The van der Waals surface area contributed by atoms with Gasteiger partial charge in [0, 0.05) is 15.0 Å². The Morgan fingerprint density at radius 1 is 1.18 bits per heavy atom. The normalized spacial score (nSPS) is 12.7. The van der Waals surface area contributed by atoms with Crippen LogP contribution in [0.2, 0.25) is 0 Å². The summed E-state index contributed by atoms with van der Waals surface area (Å²) in [6.45, 7) is 5.56. The van der Waals surface area contributed by atoms with E-state index in [1.807, 2.05) is 0 Å². The lowest BCUT2D eigenvalue weighted by atomic mass is 10.1. The fourth-order valence-corrected chi connectivity index (χ4v) is 3.22. The van der Waals surface area contributed by atoms with Crippen LogP contribution >= 0.6 is 31.9 Å². The van der Waals surface area contributed by atoms with E-state index in [-0.39, 0.29) is 0 Å². The number of benzene rings is 1. The molecule has 0 heterocycles. The maximum Gasteiger partial charge on any atom is 0.0302 e. The molecule has 0 saturated heterocycles. The van der Waals surface area contributed by atoms with Gasteiger partial charge in [-0.3, -0.25) is 0 Å². The highest BCUT2D eigenvalue weighted by molar-refractivity contribution is 9.11. The fraction of sp³-hybridized carbons (Fsp3) is 0.571. The van der Waals surface area contributed by atoms with Crippen molar-refractivity contribution in [1.29, 1.82) is 0 Å². The molecule has 0 aliphatic rings. The van der Waals surface area contributed by atoms with Crippen LogP contribution in [-0.2, 0) is 0 Å². The average Bonchev–Trinajstić information content (AvgIpc) is 2.28. The topological polar surface area (TPSA) is 12.0 Å². The Bertz CT molecular complexity index is 339. The number of halogens is 2. The average molecular weight is 363 g/mol. The minimum Gasteiger partial charge on any atom is -0.310 e. The first-order valence-electron chi connectivity index (χ1n) is 6.33. The lowest BCUT2D eigenvalue weighted by Crippen LogP contribution is -2.20. The molecule has 1 aromatic carbocycles. The van der Waals surface area contributed by atoms with Crippen LogP contribution in [0.5, 0.6) is 0 Å². The predicted molar refractivity (Wildman–Crippen MR) is 82.4 cm³/mol. The summed E-state index contributed by atoms with van der Waals surface area (Å²) in [6.07, 6.45) is 5.25. The Hall–Kier alpha value is 0.140. The fourth-order valence-electron chi connectivity index (χ4n) is 1.83. The molecule has 1 nitrogen and oxygen atoms in total. The number of nitrogens with one attached hydrogen (secondary N) is 1. The molecule has 0 aliphatic heterocycles. The van der Waals surface area contributed by atoms with Crippen molar-refractivity contribution in [3.63, 3.8) is 0 Å². The molecule has 1 N–H and O–H groups in total. The molecule has 0 amide bonds. The van der Waals surface area contributed by atoms with E-state index in [0.717, 1.165) is 11.0 Å². The molecule has 1 aromatic rings. The molecule has 0 radical (unpaired) electrons. The molecule has 1 rings (SSSR count). The Morgan fingerprint density at radius 2 is 1.94 bits per heavy atom. The second-order valence-electron chi connectivity index (χ2n) is 4.40. The van der Waals surface area contributed by atoms with E-state index in [1.165, 1.54) is 35.7 Å². The van der Waals surface area contributed by atoms with Gasteiger partial charge in [0.2, 0.25) is 0 Å². The minimum absolute atomic E-state index is 0.402. The highest BCUT2D eigenvalue weighted by Crippen LogP contribution is 2.26. The first kappa shape index (κ1) is 15.2. The molecule has 1 unspecified atom stereocenters. The van der Waals surface area contributed by atoms with E-state index in [9.17, 15) is 0 Å². The van der Waals surface area contributed by atoms with E-state index in [2.05, 4.69) is 69.2 Å². The van der Waals surface area contributed by atoms with E-state index in [1.54, 1.807) is 0 Å². The number of hydrogen-bond donors (Lipinski definition) is 1. The van der Waals surface area contributed by atoms with Crippen molar-refractivity contribution in [3.05, 3.63) is 32.7 Å². The van der Waals surface area contributed by atoms with Gasteiger partial charge >= 0.3 is 0 Å². The van der Waals surface area contributed by atoms with Gasteiger partial charge in [-0.2, -0.15) is 0 Å². The third kappa shape index (κ3) is 5.54. The monoisotopic (exact) mass is 361 g/mol. The third-order valence-corrected chi connectivity index (χ3v) is 4.09. The standard InChI is InChI=1S/C14H21Br2N/c1-3-4-5-6-9-17-11(2)13-8-7-12(15)10-14(13)16/h7-8,10-11,17H,3-6,9H2,1-2H3. The number of rotatable bonds is 7. The van der Waals surface area contributed by atoms with Crippen molar-refractivity contribution in [2.45, 2.75) is 45.6 Å². The smallest absolute Gasteiger partial charge is 0.0302 e. The maximum absolute atomic E-state index is 3.61. The van der Waals surface area contributed by atoms with E-state index in [0.29, 0.717) is 6.04 Å². The minimum atomic E-state index is 0.402. The maximum atomic E-state index is 3.61. The number of hydrogen-bond acceptors (Lipinski definition) is 1. The predicted octanol–water partition coefficient (Wildman–Crippen LogP) is 5.44. The first-order chi connectivity index (χ1) is 8.15. The Morgan fingerprint density at radius 3 is 2.59 bits per heavy atom. The van der Waals surface area contributed by atoms with Gasteiger partial charge in [-0.05, 0) is 37.6 Å². The molecule has 0 spiro atoms. The quantitative estimate of drug-likeness (QED) is 0.636. The molecule has 0 bridgehead atoms. The summed E-state index contributed by atoms with van der Waals surface area (Å²) < 4.78 is 2.28. The van der Waals surface area contributed by atoms with Gasteiger partial charge in [0.25, 0.3) is 0 Å². The zero-order chi connectivity index (χ0) is 12.7.